The average Bonchev–Trinajstić information content (AvgIpc) is 2.41. The lowest BCUT2D eigenvalue weighted by atomic mass is 10.1. The molecule has 3 nitrogen and oxygen atoms in total. The Morgan fingerprint density at radius 1 is 1.25 bits per heavy atom. The molecular weight excluding hydrogens is 279 g/mol. The molecule has 2 rings (SSSR count). The number of nitrogens with one attached hydrogen (secondary N) is 2. The van der Waals surface area contributed by atoms with Gasteiger partial charge in [-0.25, -0.2) is 4.39 Å². The van der Waals surface area contributed by atoms with E-state index in [9.17, 15) is 9.18 Å². The van der Waals surface area contributed by atoms with Gasteiger partial charge in [-0.05, 0) is 37.3 Å². The van der Waals surface area contributed by atoms with Gasteiger partial charge in [0.15, 0.2) is 0 Å². The van der Waals surface area contributed by atoms with E-state index in [1.807, 2.05) is 6.92 Å². The van der Waals surface area contributed by atoms with Crippen LogP contribution in [0.4, 0.5) is 15.8 Å². The molecule has 0 aliphatic heterocycles. The molecule has 0 aromatic heterocycles. The number of amides is 1. The van der Waals surface area contributed by atoms with Gasteiger partial charge in [-0.1, -0.05) is 23.7 Å². The minimum absolute atomic E-state index is 0.203. The van der Waals surface area contributed by atoms with E-state index in [1.165, 1.54) is 12.1 Å². The minimum Gasteiger partial charge on any atom is -0.382 e. The lowest BCUT2D eigenvalue weighted by molar-refractivity contribution is 0.102. The molecule has 2 aromatic rings. The van der Waals surface area contributed by atoms with Crippen molar-refractivity contribution in [2.75, 3.05) is 17.2 Å². The number of hydrogen-bond acceptors (Lipinski definition) is 2. The highest BCUT2D eigenvalue weighted by atomic mass is 35.5. The molecule has 2 aromatic carbocycles. The van der Waals surface area contributed by atoms with Crippen LogP contribution in [0.3, 0.4) is 0 Å². The van der Waals surface area contributed by atoms with Crippen LogP contribution in [0.5, 0.6) is 0 Å². The molecule has 0 aliphatic carbocycles. The molecule has 0 unspecified atom stereocenters. The van der Waals surface area contributed by atoms with Gasteiger partial charge in [-0.15, -0.1) is 0 Å². The zero-order chi connectivity index (χ0) is 14.5. The number of hydrogen-bond donors (Lipinski definition) is 2. The molecule has 1 amide bonds. The summed E-state index contributed by atoms with van der Waals surface area (Å²) in [6.07, 6.45) is 0. The van der Waals surface area contributed by atoms with Crippen molar-refractivity contribution < 1.29 is 9.18 Å². The number of carbonyl (C=O) groups excluding carboxylic acids is 1. The maximum atomic E-state index is 13.7. The van der Waals surface area contributed by atoms with Crippen molar-refractivity contribution in [3.8, 4) is 0 Å². The van der Waals surface area contributed by atoms with Crippen LogP contribution in [0.2, 0.25) is 5.02 Å². The molecule has 0 radical (unpaired) electrons. The van der Waals surface area contributed by atoms with Crippen LogP contribution in [-0.2, 0) is 0 Å². The average molecular weight is 293 g/mol. The maximum Gasteiger partial charge on any atom is 0.257 e. The van der Waals surface area contributed by atoms with E-state index >= 15 is 0 Å². The first-order chi connectivity index (χ1) is 9.61. The molecular formula is C15H14ClFN2O. The van der Waals surface area contributed by atoms with Gasteiger partial charge in [0.05, 0.1) is 11.3 Å². The first-order valence-corrected chi connectivity index (χ1v) is 6.59. The van der Waals surface area contributed by atoms with Crippen molar-refractivity contribution >= 4 is 28.9 Å². The lowest BCUT2D eigenvalue weighted by Gasteiger charge is -2.12. The van der Waals surface area contributed by atoms with E-state index in [1.54, 1.807) is 30.3 Å². The Morgan fingerprint density at radius 3 is 2.70 bits per heavy atom. The summed E-state index contributed by atoms with van der Waals surface area (Å²) >= 11 is 5.86. The number of carbonyl (C=O) groups is 1. The fraction of sp³-hybridized carbons (Fsp3) is 0.133. The van der Waals surface area contributed by atoms with Crippen molar-refractivity contribution in [3.05, 3.63) is 58.9 Å². The van der Waals surface area contributed by atoms with E-state index in [0.29, 0.717) is 17.3 Å². The van der Waals surface area contributed by atoms with E-state index in [0.717, 1.165) is 0 Å². The first kappa shape index (κ1) is 14.3. The fourth-order valence-electron chi connectivity index (χ4n) is 1.83. The van der Waals surface area contributed by atoms with Crippen molar-refractivity contribution in [1.29, 1.82) is 0 Å². The molecule has 0 saturated heterocycles. The summed E-state index contributed by atoms with van der Waals surface area (Å²) < 4.78 is 13.7. The monoisotopic (exact) mass is 292 g/mol. The quantitative estimate of drug-likeness (QED) is 0.888. The Morgan fingerprint density at radius 2 is 2.00 bits per heavy atom. The van der Waals surface area contributed by atoms with Crippen LogP contribution >= 0.6 is 11.6 Å². The maximum absolute atomic E-state index is 13.7. The second kappa shape index (κ2) is 6.39. The third-order valence-electron chi connectivity index (χ3n) is 2.69. The summed E-state index contributed by atoms with van der Waals surface area (Å²) in [5, 5.41) is 6.08. The van der Waals surface area contributed by atoms with E-state index < -0.39 is 5.82 Å². The van der Waals surface area contributed by atoms with Crippen LogP contribution in [0, 0.1) is 5.82 Å². The number of rotatable bonds is 4. The van der Waals surface area contributed by atoms with Crippen molar-refractivity contribution in [1.82, 2.24) is 0 Å². The third kappa shape index (κ3) is 3.27. The molecule has 0 fully saturated rings. The lowest BCUT2D eigenvalue weighted by Crippen LogP contribution is -2.15. The van der Waals surface area contributed by atoms with Crippen LogP contribution < -0.4 is 10.6 Å². The highest BCUT2D eigenvalue weighted by Gasteiger charge is 2.14. The zero-order valence-electron chi connectivity index (χ0n) is 10.9. The summed E-state index contributed by atoms with van der Waals surface area (Å²) in [6.45, 7) is 2.36. The third-order valence-corrected chi connectivity index (χ3v) is 2.93. The van der Waals surface area contributed by atoms with Gasteiger partial charge in [0, 0.05) is 17.3 Å². The summed E-state index contributed by atoms with van der Waals surface area (Å²) in [4.78, 5) is 12.2. The zero-order valence-corrected chi connectivity index (χ0v) is 11.7. The van der Waals surface area contributed by atoms with Gasteiger partial charge in [0.25, 0.3) is 5.91 Å². The molecule has 5 heteroatoms. The Kier molecular flexibility index (Phi) is 4.58. The molecule has 20 heavy (non-hydrogen) atoms. The van der Waals surface area contributed by atoms with Crippen LogP contribution in [-0.4, -0.2) is 12.5 Å². The Labute approximate surface area is 121 Å². The second-order valence-corrected chi connectivity index (χ2v) is 4.59. The highest BCUT2D eigenvalue weighted by molar-refractivity contribution is 6.31. The van der Waals surface area contributed by atoms with Gasteiger partial charge in [0.1, 0.15) is 5.82 Å². The standard InChI is InChI=1S/C15H14ClFN2O/c1-2-18-14-12(7-4-8-13(14)17)15(20)19-11-6-3-5-10(16)9-11/h3-9,18H,2H2,1H3,(H,19,20). The van der Waals surface area contributed by atoms with E-state index in [2.05, 4.69) is 10.6 Å². The topological polar surface area (TPSA) is 41.1 Å². The molecule has 2 N–H and O–H groups in total. The molecule has 0 saturated carbocycles. The Bertz CT molecular complexity index is 631. The molecule has 0 aliphatic rings. The van der Waals surface area contributed by atoms with Crippen LogP contribution in [0.25, 0.3) is 0 Å². The Balaban J connectivity index is 2.27. The van der Waals surface area contributed by atoms with Crippen LogP contribution in [0.1, 0.15) is 17.3 Å². The SMILES string of the molecule is CCNc1c(F)cccc1C(=O)Nc1cccc(Cl)c1. The molecule has 0 spiro atoms. The summed E-state index contributed by atoms with van der Waals surface area (Å²) in [5.74, 6) is -0.840. The highest BCUT2D eigenvalue weighted by Crippen LogP contribution is 2.22. The van der Waals surface area contributed by atoms with Gasteiger partial charge < -0.3 is 10.6 Å². The van der Waals surface area contributed by atoms with Gasteiger partial charge in [0.2, 0.25) is 0 Å². The largest absolute Gasteiger partial charge is 0.382 e. The minimum atomic E-state index is -0.453. The van der Waals surface area contributed by atoms with Crippen molar-refractivity contribution in [2.24, 2.45) is 0 Å². The number of para-hydroxylation sites is 1. The summed E-state index contributed by atoms with van der Waals surface area (Å²) in [6, 6.07) is 11.2. The van der Waals surface area contributed by atoms with Gasteiger partial charge in [-0.2, -0.15) is 0 Å². The smallest absolute Gasteiger partial charge is 0.257 e. The first-order valence-electron chi connectivity index (χ1n) is 6.21. The van der Waals surface area contributed by atoms with E-state index in [4.69, 9.17) is 11.6 Å². The molecule has 0 atom stereocenters. The molecule has 0 bridgehead atoms. The Hall–Kier alpha value is -2.07. The predicted octanol–water partition coefficient (Wildman–Crippen LogP) is 4.16. The number of anilines is 2. The predicted molar refractivity (Wildman–Crippen MR) is 80.0 cm³/mol. The van der Waals surface area contributed by atoms with Crippen molar-refractivity contribution in [3.63, 3.8) is 0 Å². The van der Waals surface area contributed by atoms with E-state index in [-0.39, 0.29) is 17.2 Å². The molecule has 104 valence electrons. The van der Waals surface area contributed by atoms with Gasteiger partial charge in [-0.3, -0.25) is 4.79 Å². The van der Waals surface area contributed by atoms with Gasteiger partial charge >= 0.3 is 0 Å². The summed E-state index contributed by atoms with van der Waals surface area (Å²) in [5.41, 5.74) is 1.02. The van der Waals surface area contributed by atoms with Crippen molar-refractivity contribution in [2.45, 2.75) is 6.92 Å². The van der Waals surface area contributed by atoms with Crippen LogP contribution in [0.15, 0.2) is 42.5 Å². The summed E-state index contributed by atoms with van der Waals surface area (Å²) in [7, 11) is 0. The fourth-order valence-corrected chi connectivity index (χ4v) is 2.02. The second-order valence-electron chi connectivity index (χ2n) is 4.16. The normalized spacial score (nSPS) is 10.2. The number of benzene rings is 2. The number of halogens is 2. The molecule has 0 heterocycles.